The molecule has 1 aromatic heterocycles. The molecule has 2 aliphatic heterocycles. The van der Waals surface area contributed by atoms with Crippen LogP contribution in [0.4, 0.5) is 5.95 Å². The first-order valence-corrected chi connectivity index (χ1v) is 6.02. The van der Waals surface area contributed by atoms with Crippen LogP contribution in [0.15, 0.2) is 12.4 Å². The minimum atomic E-state index is 0.494. The molecule has 0 aliphatic carbocycles. The fourth-order valence-corrected chi connectivity index (χ4v) is 2.80. The number of aromatic nitrogens is 2. The van der Waals surface area contributed by atoms with Gasteiger partial charge in [-0.05, 0) is 31.9 Å². The van der Waals surface area contributed by atoms with Crippen LogP contribution in [0, 0.1) is 12.3 Å². The summed E-state index contributed by atoms with van der Waals surface area (Å²) in [4.78, 5) is 11.1. The van der Waals surface area contributed by atoms with Gasteiger partial charge in [-0.2, -0.15) is 0 Å². The number of hydrogen-bond donors (Lipinski definition) is 1. The van der Waals surface area contributed by atoms with Crippen LogP contribution in [0.2, 0.25) is 0 Å². The molecule has 2 fully saturated rings. The van der Waals surface area contributed by atoms with Gasteiger partial charge in [-0.15, -0.1) is 0 Å². The summed E-state index contributed by atoms with van der Waals surface area (Å²) in [5.41, 5.74) is 1.62. The second-order valence-corrected chi connectivity index (χ2v) is 5.16. The van der Waals surface area contributed by atoms with Gasteiger partial charge in [-0.1, -0.05) is 0 Å². The zero-order valence-electron chi connectivity index (χ0n) is 9.74. The van der Waals surface area contributed by atoms with E-state index in [9.17, 15) is 0 Å². The Morgan fingerprint density at radius 2 is 2.12 bits per heavy atom. The molecule has 86 valence electrons. The lowest BCUT2D eigenvalue weighted by molar-refractivity contribution is 0.369. The van der Waals surface area contributed by atoms with E-state index >= 15 is 0 Å². The molecule has 1 unspecified atom stereocenters. The Balaban J connectivity index is 1.75. The quantitative estimate of drug-likeness (QED) is 0.762. The molecule has 2 saturated heterocycles. The highest BCUT2D eigenvalue weighted by atomic mass is 15.3. The van der Waals surface area contributed by atoms with E-state index in [4.69, 9.17) is 0 Å². The maximum atomic E-state index is 4.41. The Kier molecular flexibility index (Phi) is 2.32. The highest BCUT2D eigenvalue weighted by Crippen LogP contribution is 2.36. The SMILES string of the molecule is Cc1cnc(N2CCC3(CCNC3)C2)nc1. The summed E-state index contributed by atoms with van der Waals surface area (Å²) in [5.74, 6) is 0.898. The third-order valence-electron chi connectivity index (χ3n) is 3.82. The van der Waals surface area contributed by atoms with Crippen LogP contribution >= 0.6 is 0 Å². The van der Waals surface area contributed by atoms with Gasteiger partial charge in [0.05, 0.1) is 0 Å². The van der Waals surface area contributed by atoms with Crippen LogP contribution in [-0.4, -0.2) is 36.1 Å². The zero-order chi connectivity index (χ0) is 11.0. The Morgan fingerprint density at radius 1 is 1.31 bits per heavy atom. The van der Waals surface area contributed by atoms with E-state index in [2.05, 4.69) is 20.2 Å². The molecule has 0 radical (unpaired) electrons. The van der Waals surface area contributed by atoms with E-state index in [0.29, 0.717) is 5.41 Å². The number of hydrogen-bond acceptors (Lipinski definition) is 4. The summed E-state index contributed by atoms with van der Waals surface area (Å²) in [5, 5.41) is 3.47. The van der Waals surface area contributed by atoms with Gasteiger partial charge in [-0.3, -0.25) is 0 Å². The van der Waals surface area contributed by atoms with Gasteiger partial charge in [0.15, 0.2) is 0 Å². The second-order valence-electron chi connectivity index (χ2n) is 5.16. The van der Waals surface area contributed by atoms with Crippen molar-refractivity contribution >= 4 is 5.95 Å². The monoisotopic (exact) mass is 218 g/mol. The summed E-state index contributed by atoms with van der Waals surface area (Å²) in [6, 6.07) is 0. The molecule has 3 rings (SSSR count). The third-order valence-corrected chi connectivity index (χ3v) is 3.82. The Bertz CT molecular complexity index is 367. The molecule has 16 heavy (non-hydrogen) atoms. The van der Waals surface area contributed by atoms with Crippen LogP contribution in [0.1, 0.15) is 18.4 Å². The van der Waals surface area contributed by atoms with Crippen molar-refractivity contribution in [3.63, 3.8) is 0 Å². The number of nitrogens with one attached hydrogen (secondary N) is 1. The lowest BCUT2D eigenvalue weighted by Crippen LogP contribution is -2.29. The van der Waals surface area contributed by atoms with Crippen LogP contribution in [0.5, 0.6) is 0 Å². The van der Waals surface area contributed by atoms with Crippen molar-refractivity contribution in [1.29, 1.82) is 0 Å². The maximum absolute atomic E-state index is 4.41. The summed E-state index contributed by atoms with van der Waals surface area (Å²) in [6.45, 7) is 6.57. The molecule has 1 aromatic rings. The van der Waals surface area contributed by atoms with Gasteiger partial charge in [-0.25, -0.2) is 9.97 Å². The van der Waals surface area contributed by atoms with Crippen molar-refractivity contribution in [2.45, 2.75) is 19.8 Å². The summed E-state index contributed by atoms with van der Waals surface area (Å²) < 4.78 is 0. The largest absolute Gasteiger partial charge is 0.340 e. The van der Waals surface area contributed by atoms with E-state index in [1.807, 2.05) is 19.3 Å². The second kappa shape index (κ2) is 3.70. The number of aryl methyl sites for hydroxylation is 1. The van der Waals surface area contributed by atoms with E-state index in [1.54, 1.807) is 0 Å². The minimum absolute atomic E-state index is 0.494. The topological polar surface area (TPSA) is 41.1 Å². The summed E-state index contributed by atoms with van der Waals surface area (Å²) in [7, 11) is 0. The van der Waals surface area contributed by atoms with Gasteiger partial charge in [0.1, 0.15) is 0 Å². The van der Waals surface area contributed by atoms with E-state index in [1.165, 1.54) is 19.4 Å². The normalized spacial score (nSPS) is 29.2. The number of nitrogens with zero attached hydrogens (tertiary/aromatic N) is 3. The van der Waals surface area contributed by atoms with E-state index in [-0.39, 0.29) is 0 Å². The van der Waals surface area contributed by atoms with Crippen LogP contribution in [0.3, 0.4) is 0 Å². The standard InChI is InChI=1S/C12H18N4/c1-10-6-14-11(15-7-10)16-5-3-12(9-16)2-4-13-8-12/h6-7,13H,2-5,8-9H2,1H3. The van der Waals surface area contributed by atoms with Gasteiger partial charge in [0, 0.05) is 37.4 Å². The molecule has 4 nitrogen and oxygen atoms in total. The van der Waals surface area contributed by atoms with Gasteiger partial charge in [0.2, 0.25) is 5.95 Å². The van der Waals surface area contributed by atoms with Crippen molar-refractivity contribution in [2.24, 2.45) is 5.41 Å². The molecule has 1 N–H and O–H groups in total. The van der Waals surface area contributed by atoms with Gasteiger partial charge < -0.3 is 10.2 Å². The number of rotatable bonds is 1. The molecular formula is C12H18N4. The summed E-state index contributed by atoms with van der Waals surface area (Å²) in [6.07, 6.45) is 6.38. The highest BCUT2D eigenvalue weighted by molar-refractivity contribution is 5.33. The zero-order valence-corrected chi connectivity index (χ0v) is 9.74. The third kappa shape index (κ3) is 1.67. The Labute approximate surface area is 96.1 Å². The molecule has 4 heteroatoms. The van der Waals surface area contributed by atoms with Crippen molar-refractivity contribution in [2.75, 3.05) is 31.1 Å². The van der Waals surface area contributed by atoms with Crippen LogP contribution in [-0.2, 0) is 0 Å². The van der Waals surface area contributed by atoms with Crippen molar-refractivity contribution < 1.29 is 0 Å². The minimum Gasteiger partial charge on any atom is -0.340 e. The molecule has 2 aliphatic rings. The van der Waals surface area contributed by atoms with Crippen molar-refractivity contribution in [3.05, 3.63) is 18.0 Å². The number of anilines is 1. The molecule has 0 aromatic carbocycles. The van der Waals surface area contributed by atoms with Crippen molar-refractivity contribution in [3.8, 4) is 0 Å². The Morgan fingerprint density at radius 3 is 2.81 bits per heavy atom. The fraction of sp³-hybridized carbons (Fsp3) is 0.667. The fourth-order valence-electron chi connectivity index (χ4n) is 2.80. The average Bonchev–Trinajstić information content (AvgIpc) is 2.91. The van der Waals surface area contributed by atoms with Gasteiger partial charge in [0.25, 0.3) is 0 Å². The molecule has 0 saturated carbocycles. The molecule has 0 bridgehead atoms. The summed E-state index contributed by atoms with van der Waals surface area (Å²) >= 11 is 0. The van der Waals surface area contributed by atoms with E-state index < -0.39 is 0 Å². The van der Waals surface area contributed by atoms with Crippen LogP contribution in [0.25, 0.3) is 0 Å². The van der Waals surface area contributed by atoms with Crippen molar-refractivity contribution in [1.82, 2.24) is 15.3 Å². The van der Waals surface area contributed by atoms with E-state index in [0.717, 1.165) is 31.1 Å². The Hall–Kier alpha value is -1.16. The molecule has 1 atom stereocenters. The predicted octanol–water partition coefficient (Wildman–Crippen LogP) is 0.975. The maximum Gasteiger partial charge on any atom is 0.225 e. The molecule has 0 amide bonds. The first kappa shape index (κ1) is 10.0. The van der Waals surface area contributed by atoms with Gasteiger partial charge >= 0.3 is 0 Å². The average molecular weight is 218 g/mol. The molecule has 3 heterocycles. The highest BCUT2D eigenvalue weighted by Gasteiger charge is 2.40. The smallest absolute Gasteiger partial charge is 0.225 e. The first-order valence-electron chi connectivity index (χ1n) is 6.02. The van der Waals surface area contributed by atoms with Crippen LogP contribution < -0.4 is 10.2 Å². The lowest BCUT2D eigenvalue weighted by Gasteiger charge is -2.22. The molecular weight excluding hydrogens is 200 g/mol. The lowest BCUT2D eigenvalue weighted by atomic mass is 9.87. The first-order chi connectivity index (χ1) is 7.77. The molecule has 1 spiro atoms. The predicted molar refractivity (Wildman–Crippen MR) is 63.5 cm³/mol.